The number of H-pyrrole nitrogens is 1. The van der Waals surface area contributed by atoms with Crippen molar-refractivity contribution >= 4 is 17.2 Å². The summed E-state index contributed by atoms with van der Waals surface area (Å²) in [5.74, 6) is 0.842. The van der Waals surface area contributed by atoms with Crippen LogP contribution >= 0.6 is 11.3 Å². The molecule has 0 aromatic carbocycles. The maximum absolute atomic E-state index is 12.1. The van der Waals surface area contributed by atoms with E-state index in [1.54, 1.807) is 23.2 Å². The number of aromatic nitrogens is 3. The van der Waals surface area contributed by atoms with Gasteiger partial charge >= 0.3 is 0 Å². The summed E-state index contributed by atoms with van der Waals surface area (Å²) in [6.07, 6.45) is 0.933. The number of amides is 1. The molecule has 0 atom stereocenters. The summed E-state index contributed by atoms with van der Waals surface area (Å²) in [6.45, 7) is 3.21. The van der Waals surface area contributed by atoms with Crippen LogP contribution in [0.3, 0.4) is 0 Å². The minimum absolute atomic E-state index is 0.0915. The van der Waals surface area contributed by atoms with Crippen LogP contribution in [-0.2, 0) is 13.0 Å². The zero-order chi connectivity index (χ0) is 11.8. The second-order valence-corrected chi connectivity index (χ2v) is 5.09. The Hall–Kier alpha value is -1.69. The maximum atomic E-state index is 12.1. The highest BCUT2D eigenvalue weighted by molar-refractivity contribution is 7.10. The predicted molar refractivity (Wildman–Crippen MR) is 63.9 cm³/mol. The topological polar surface area (TPSA) is 61.9 Å². The van der Waals surface area contributed by atoms with Crippen molar-refractivity contribution in [2.75, 3.05) is 6.54 Å². The normalized spacial score (nSPS) is 14.8. The number of aromatic amines is 1. The minimum Gasteiger partial charge on any atom is -0.331 e. The Morgan fingerprint density at radius 1 is 1.59 bits per heavy atom. The predicted octanol–water partition coefficient (Wildman–Crippen LogP) is 1.37. The number of thiophene rings is 1. The Kier molecular flexibility index (Phi) is 2.44. The second-order valence-electron chi connectivity index (χ2n) is 4.09. The molecule has 0 fully saturated rings. The Balaban J connectivity index is 1.81. The fourth-order valence-corrected chi connectivity index (χ4v) is 2.89. The monoisotopic (exact) mass is 248 g/mol. The van der Waals surface area contributed by atoms with E-state index in [-0.39, 0.29) is 11.7 Å². The zero-order valence-electron chi connectivity index (χ0n) is 9.43. The summed E-state index contributed by atoms with van der Waals surface area (Å²) in [4.78, 5) is 19.4. The van der Waals surface area contributed by atoms with Crippen LogP contribution in [0.1, 0.15) is 26.9 Å². The van der Waals surface area contributed by atoms with Crippen molar-refractivity contribution < 1.29 is 4.79 Å². The average molecular weight is 248 g/mol. The fourth-order valence-electron chi connectivity index (χ4n) is 2.00. The minimum atomic E-state index is -0.0915. The molecule has 0 saturated heterocycles. The van der Waals surface area contributed by atoms with Crippen LogP contribution in [0.2, 0.25) is 0 Å². The van der Waals surface area contributed by atoms with Gasteiger partial charge in [-0.2, -0.15) is 0 Å². The van der Waals surface area contributed by atoms with E-state index in [9.17, 15) is 4.79 Å². The number of carbonyl (C=O) groups is 1. The van der Waals surface area contributed by atoms with E-state index in [1.165, 1.54) is 10.4 Å². The van der Waals surface area contributed by atoms with Gasteiger partial charge in [0.05, 0.1) is 0 Å². The molecule has 0 spiro atoms. The van der Waals surface area contributed by atoms with Gasteiger partial charge < -0.3 is 4.90 Å². The lowest BCUT2D eigenvalue weighted by atomic mass is 10.1. The number of hydrogen-bond donors (Lipinski definition) is 1. The molecule has 3 rings (SSSR count). The van der Waals surface area contributed by atoms with Crippen molar-refractivity contribution in [1.29, 1.82) is 0 Å². The lowest BCUT2D eigenvalue weighted by molar-refractivity contribution is 0.0724. The third-order valence-electron chi connectivity index (χ3n) is 2.88. The molecule has 1 aliphatic heterocycles. The lowest BCUT2D eigenvalue weighted by Gasteiger charge is -2.25. The van der Waals surface area contributed by atoms with Crippen molar-refractivity contribution in [3.8, 4) is 0 Å². The first-order chi connectivity index (χ1) is 8.24. The van der Waals surface area contributed by atoms with E-state index >= 15 is 0 Å². The highest BCUT2D eigenvalue weighted by Gasteiger charge is 2.24. The molecule has 0 bridgehead atoms. The van der Waals surface area contributed by atoms with E-state index < -0.39 is 0 Å². The third kappa shape index (κ3) is 1.84. The summed E-state index contributed by atoms with van der Waals surface area (Å²) in [7, 11) is 0. The number of nitrogens with one attached hydrogen (secondary N) is 1. The molecule has 1 aliphatic rings. The first kappa shape index (κ1) is 10.5. The molecule has 1 N–H and O–H groups in total. The molecule has 88 valence electrons. The van der Waals surface area contributed by atoms with E-state index in [4.69, 9.17) is 0 Å². The molecule has 2 aromatic rings. The van der Waals surface area contributed by atoms with Crippen LogP contribution in [0.5, 0.6) is 0 Å². The molecule has 5 nitrogen and oxygen atoms in total. The summed E-state index contributed by atoms with van der Waals surface area (Å²) < 4.78 is 0. The standard InChI is InChI=1S/C11H12N4OS/c1-7-12-10(14-13-7)11(16)15-4-2-9-8(6-15)3-5-17-9/h3,5H,2,4,6H2,1H3,(H,12,13,14). The number of fused-ring (bicyclic) bond motifs is 1. The Labute approximate surface area is 102 Å². The van der Waals surface area contributed by atoms with Crippen LogP contribution in [-0.4, -0.2) is 32.5 Å². The quantitative estimate of drug-likeness (QED) is 0.829. The van der Waals surface area contributed by atoms with Crippen molar-refractivity contribution in [2.45, 2.75) is 19.9 Å². The van der Waals surface area contributed by atoms with Crippen LogP contribution < -0.4 is 0 Å². The van der Waals surface area contributed by atoms with Crippen LogP contribution in [0.25, 0.3) is 0 Å². The van der Waals surface area contributed by atoms with Gasteiger partial charge in [-0.15, -0.1) is 16.4 Å². The van der Waals surface area contributed by atoms with Gasteiger partial charge in [-0.25, -0.2) is 4.98 Å². The lowest BCUT2D eigenvalue weighted by Crippen LogP contribution is -2.35. The molecule has 2 aromatic heterocycles. The van der Waals surface area contributed by atoms with Gasteiger partial charge in [0.2, 0.25) is 5.82 Å². The third-order valence-corrected chi connectivity index (χ3v) is 3.91. The Morgan fingerprint density at radius 2 is 2.47 bits per heavy atom. The molecule has 0 saturated carbocycles. The molecular formula is C11H12N4OS. The SMILES string of the molecule is Cc1nc(C(=O)N2CCc3sccc3C2)n[nH]1. The molecule has 3 heterocycles. The number of hydrogen-bond acceptors (Lipinski definition) is 4. The molecule has 1 amide bonds. The van der Waals surface area contributed by atoms with Crippen LogP contribution in [0.4, 0.5) is 0 Å². The van der Waals surface area contributed by atoms with Crippen molar-refractivity contribution in [1.82, 2.24) is 20.1 Å². The largest absolute Gasteiger partial charge is 0.331 e. The molecule has 0 aliphatic carbocycles. The summed E-state index contributed by atoms with van der Waals surface area (Å²) in [5.41, 5.74) is 1.25. The number of rotatable bonds is 1. The van der Waals surface area contributed by atoms with Crippen LogP contribution in [0, 0.1) is 6.92 Å². The summed E-state index contributed by atoms with van der Waals surface area (Å²) in [5, 5.41) is 8.68. The molecule has 6 heteroatoms. The van der Waals surface area contributed by atoms with Crippen molar-refractivity contribution in [3.63, 3.8) is 0 Å². The van der Waals surface area contributed by atoms with Gasteiger partial charge in [-0.1, -0.05) is 0 Å². The van der Waals surface area contributed by atoms with Crippen molar-refractivity contribution in [2.24, 2.45) is 0 Å². The van der Waals surface area contributed by atoms with Gasteiger partial charge in [0, 0.05) is 18.0 Å². The van der Waals surface area contributed by atoms with Crippen molar-refractivity contribution in [3.05, 3.63) is 33.5 Å². The van der Waals surface area contributed by atoms with Gasteiger partial charge in [-0.3, -0.25) is 9.89 Å². The molecule has 17 heavy (non-hydrogen) atoms. The highest BCUT2D eigenvalue weighted by atomic mass is 32.1. The van der Waals surface area contributed by atoms with Gasteiger partial charge in [-0.05, 0) is 30.4 Å². The summed E-state index contributed by atoms with van der Waals surface area (Å²) in [6, 6.07) is 2.09. The maximum Gasteiger partial charge on any atom is 0.293 e. The number of carbonyl (C=O) groups excluding carboxylic acids is 1. The van der Waals surface area contributed by atoms with Gasteiger partial charge in [0.25, 0.3) is 5.91 Å². The first-order valence-corrected chi connectivity index (χ1v) is 6.35. The highest BCUT2D eigenvalue weighted by Crippen LogP contribution is 2.24. The smallest absolute Gasteiger partial charge is 0.293 e. The summed E-state index contributed by atoms with van der Waals surface area (Å²) >= 11 is 1.76. The van der Waals surface area contributed by atoms with Gasteiger partial charge in [0.1, 0.15) is 5.82 Å². The van der Waals surface area contributed by atoms with E-state index in [1.807, 2.05) is 0 Å². The molecule has 0 unspecified atom stereocenters. The van der Waals surface area contributed by atoms with E-state index in [0.717, 1.165) is 13.0 Å². The molecular weight excluding hydrogens is 236 g/mol. The Morgan fingerprint density at radius 3 is 3.24 bits per heavy atom. The average Bonchev–Trinajstić information content (AvgIpc) is 2.95. The second kappa shape index (κ2) is 3.96. The van der Waals surface area contributed by atoms with E-state index in [2.05, 4.69) is 26.6 Å². The molecule has 0 radical (unpaired) electrons. The first-order valence-electron chi connectivity index (χ1n) is 5.47. The number of aryl methyl sites for hydroxylation is 1. The Bertz CT molecular complexity index is 559. The zero-order valence-corrected chi connectivity index (χ0v) is 10.3. The fraction of sp³-hybridized carbons (Fsp3) is 0.364. The van der Waals surface area contributed by atoms with Crippen LogP contribution in [0.15, 0.2) is 11.4 Å². The number of nitrogens with zero attached hydrogens (tertiary/aromatic N) is 3. The van der Waals surface area contributed by atoms with Gasteiger partial charge in [0.15, 0.2) is 0 Å². The van der Waals surface area contributed by atoms with E-state index in [0.29, 0.717) is 12.4 Å².